The molecule has 1 aromatic heterocycles. The minimum Gasteiger partial charge on any atom is -0.391 e. The number of nitrogens with zero attached hydrogens (tertiary/aromatic N) is 3. The molecule has 1 aromatic carbocycles. The summed E-state index contributed by atoms with van der Waals surface area (Å²) >= 11 is 0. The number of carbonyl (C=O) groups is 2. The predicted octanol–water partition coefficient (Wildman–Crippen LogP) is 0.0254. The Balaban J connectivity index is 1.45. The first-order valence-electron chi connectivity index (χ1n) is 9.54. The van der Waals surface area contributed by atoms with Crippen molar-refractivity contribution < 1.29 is 14.7 Å². The molecule has 2 amide bonds. The van der Waals surface area contributed by atoms with E-state index >= 15 is 0 Å². The molecule has 0 aliphatic carbocycles. The van der Waals surface area contributed by atoms with E-state index in [0.29, 0.717) is 19.5 Å². The monoisotopic (exact) mass is 383 g/mol. The van der Waals surface area contributed by atoms with Gasteiger partial charge in [-0.3, -0.25) is 14.3 Å². The summed E-state index contributed by atoms with van der Waals surface area (Å²) in [6, 6.07) is 8.69. The topological polar surface area (TPSA) is 99.5 Å². The third kappa shape index (κ3) is 3.41. The number of piperazine rings is 1. The van der Waals surface area contributed by atoms with Crippen molar-refractivity contribution in [2.24, 2.45) is 7.05 Å². The number of nitrogens with one attached hydrogen (secondary N) is 2. The van der Waals surface area contributed by atoms with Gasteiger partial charge in [0.25, 0.3) is 0 Å². The second kappa shape index (κ2) is 7.37. The maximum atomic E-state index is 12.6. The molecular weight excluding hydrogens is 358 g/mol. The Bertz CT molecular complexity index is 879. The molecule has 0 unspecified atom stereocenters. The summed E-state index contributed by atoms with van der Waals surface area (Å²) < 4.78 is 1.79. The third-order valence-electron chi connectivity index (χ3n) is 5.47. The molecule has 148 valence electrons. The number of fused-ring (bicyclic) bond motifs is 1. The van der Waals surface area contributed by atoms with E-state index in [0.717, 1.165) is 16.8 Å². The minimum absolute atomic E-state index is 0.0104. The van der Waals surface area contributed by atoms with Crippen molar-refractivity contribution in [1.82, 2.24) is 25.3 Å². The number of benzene rings is 1. The van der Waals surface area contributed by atoms with Gasteiger partial charge in [0, 0.05) is 43.5 Å². The summed E-state index contributed by atoms with van der Waals surface area (Å²) in [5.41, 5.74) is 3.04. The van der Waals surface area contributed by atoms with E-state index in [-0.39, 0.29) is 17.9 Å². The highest BCUT2D eigenvalue weighted by molar-refractivity contribution is 5.97. The molecule has 8 nitrogen and oxygen atoms in total. The predicted molar refractivity (Wildman–Crippen MR) is 103 cm³/mol. The van der Waals surface area contributed by atoms with Crippen molar-refractivity contribution in [2.45, 2.75) is 44.1 Å². The van der Waals surface area contributed by atoms with E-state index in [4.69, 9.17) is 0 Å². The Morgan fingerprint density at radius 1 is 1.32 bits per heavy atom. The van der Waals surface area contributed by atoms with E-state index in [1.165, 1.54) is 6.92 Å². The smallest absolute Gasteiger partial charge is 0.248 e. The van der Waals surface area contributed by atoms with Crippen LogP contribution in [0, 0.1) is 0 Å². The zero-order valence-electron chi connectivity index (χ0n) is 16.0. The number of aliphatic hydroxyl groups is 1. The first-order valence-corrected chi connectivity index (χ1v) is 9.54. The highest BCUT2D eigenvalue weighted by atomic mass is 16.3. The number of amides is 2. The van der Waals surface area contributed by atoms with Gasteiger partial charge in [0.15, 0.2) is 0 Å². The number of hydrogen-bond donors (Lipinski definition) is 3. The van der Waals surface area contributed by atoms with Gasteiger partial charge in [0.2, 0.25) is 11.8 Å². The second-order valence-electron chi connectivity index (χ2n) is 7.59. The summed E-state index contributed by atoms with van der Waals surface area (Å²) in [6.07, 6.45) is 1.64. The van der Waals surface area contributed by atoms with Gasteiger partial charge in [-0.2, -0.15) is 5.10 Å². The van der Waals surface area contributed by atoms with E-state index in [9.17, 15) is 14.7 Å². The first kappa shape index (κ1) is 18.6. The summed E-state index contributed by atoms with van der Waals surface area (Å²) in [5, 5.41) is 20.4. The molecule has 4 atom stereocenters. The molecule has 2 saturated heterocycles. The molecule has 3 N–H and O–H groups in total. The van der Waals surface area contributed by atoms with Gasteiger partial charge >= 0.3 is 0 Å². The maximum absolute atomic E-state index is 12.6. The molecule has 2 fully saturated rings. The molecular formula is C20H25N5O3. The van der Waals surface area contributed by atoms with Crippen molar-refractivity contribution in [1.29, 1.82) is 0 Å². The van der Waals surface area contributed by atoms with Crippen LogP contribution in [0.1, 0.15) is 18.9 Å². The van der Waals surface area contributed by atoms with E-state index < -0.39 is 18.2 Å². The lowest BCUT2D eigenvalue weighted by atomic mass is 10.0. The molecule has 2 aliphatic rings. The SMILES string of the molecule is C[C@H](O)[C@H]1NC(=O)[C@@H]2C[C@H](NCc3cn(C)nc3-c3ccccc3)CN2C1=O. The lowest BCUT2D eigenvalue weighted by Crippen LogP contribution is -2.64. The molecule has 8 heteroatoms. The summed E-state index contributed by atoms with van der Waals surface area (Å²) in [6.45, 7) is 2.57. The van der Waals surface area contributed by atoms with Gasteiger partial charge in [0.05, 0.1) is 11.8 Å². The molecule has 0 radical (unpaired) electrons. The third-order valence-corrected chi connectivity index (χ3v) is 5.47. The summed E-state index contributed by atoms with van der Waals surface area (Å²) in [5.74, 6) is -0.406. The van der Waals surface area contributed by atoms with Gasteiger partial charge in [-0.05, 0) is 13.3 Å². The molecule has 2 aliphatic heterocycles. The van der Waals surface area contributed by atoms with Crippen molar-refractivity contribution in [3.8, 4) is 11.3 Å². The Hall–Kier alpha value is -2.71. The Morgan fingerprint density at radius 2 is 2.07 bits per heavy atom. The summed E-state index contributed by atoms with van der Waals surface area (Å²) in [7, 11) is 1.89. The van der Waals surface area contributed by atoms with Gasteiger partial charge < -0.3 is 20.6 Å². The lowest BCUT2D eigenvalue weighted by molar-refractivity contribution is -0.149. The number of rotatable bonds is 5. The van der Waals surface area contributed by atoms with Gasteiger partial charge in [-0.1, -0.05) is 30.3 Å². The summed E-state index contributed by atoms with van der Waals surface area (Å²) in [4.78, 5) is 26.5. The van der Waals surface area contributed by atoms with Crippen molar-refractivity contribution >= 4 is 11.8 Å². The van der Waals surface area contributed by atoms with Crippen LogP contribution >= 0.6 is 0 Å². The van der Waals surface area contributed by atoms with Gasteiger partial charge in [-0.15, -0.1) is 0 Å². The van der Waals surface area contributed by atoms with Crippen molar-refractivity contribution in [3.05, 3.63) is 42.1 Å². The fraction of sp³-hybridized carbons (Fsp3) is 0.450. The number of aromatic nitrogens is 2. The molecule has 4 rings (SSSR count). The van der Waals surface area contributed by atoms with Crippen LogP contribution in [-0.4, -0.2) is 62.4 Å². The highest BCUT2D eigenvalue weighted by Crippen LogP contribution is 2.25. The average molecular weight is 383 g/mol. The fourth-order valence-electron chi connectivity index (χ4n) is 4.05. The van der Waals surface area contributed by atoms with E-state index in [2.05, 4.69) is 15.7 Å². The van der Waals surface area contributed by atoms with Crippen LogP contribution in [-0.2, 0) is 23.2 Å². The number of carbonyl (C=O) groups excluding carboxylic acids is 2. The van der Waals surface area contributed by atoms with Crippen LogP contribution < -0.4 is 10.6 Å². The van der Waals surface area contributed by atoms with E-state index in [1.54, 1.807) is 9.58 Å². The number of hydrogen-bond acceptors (Lipinski definition) is 5. The van der Waals surface area contributed by atoms with Crippen LogP contribution in [0.25, 0.3) is 11.3 Å². The lowest BCUT2D eigenvalue weighted by Gasteiger charge is -2.35. The molecule has 2 aromatic rings. The van der Waals surface area contributed by atoms with Crippen LogP contribution in [0.3, 0.4) is 0 Å². The standard InChI is InChI=1S/C20H25N5O3/c1-12(26)17-20(28)25-11-15(8-16(25)19(27)22-17)21-9-14-10-24(2)23-18(14)13-6-4-3-5-7-13/h3-7,10,12,15-17,21,26H,8-9,11H2,1-2H3,(H,22,27)/t12-,15-,16-,17+/m0/s1. The zero-order chi connectivity index (χ0) is 19.8. The normalized spacial score (nSPS) is 25.5. The van der Waals surface area contributed by atoms with Crippen LogP contribution in [0.15, 0.2) is 36.5 Å². The Kier molecular flexibility index (Phi) is 4.91. The largest absolute Gasteiger partial charge is 0.391 e. The second-order valence-corrected chi connectivity index (χ2v) is 7.59. The number of aliphatic hydroxyl groups excluding tert-OH is 1. The zero-order valence-corrected chi connectivity index (χ0v) is 16.0. The van der Waals surface area contributed by atoms with Crippen LogP contribution in [0.2, 0.25) is 0 Å². The Morgan fingerprint density at radius 3 is 2.79 bits per heavy atom. The van der Waals surface area contributed by atoms with Crippen molar-refractivity contribution in [3.63, 3.8) is 0 Å². The van der Waals surface area contributed by atoms with Crippen LogP contribution in [0.4, 0.5) is 0 Å². The molecule has 0 spiro atoms. The molecule has 3 heterocycles. The molecule has 28 heavy (non-hydrogen) atoms. The molecule has 0 bridgehead atoms. The fourth-order valence-corrected chi connectivity index (χ4v) is 4.05. The van der Waals surface area contributed by atoms with Crippen molar-refractivity contribution in [2.75, 3.05) is 6.54 Å². The first-order chi connectivity index (χ1) is 13.4. The Labute approximate surface area is 163 Å². The van der Waals surface area contributed by atoms with E-state index in [1.807, 2.05) is 43.6 Å². The maximum Gasteiger partial charge on any atom is 0.248 e. The average Bonchev–Trinajstić information content (AvgIpc) is 3.27. The number of aryl methyl sites for hydroxylation is 1. The molecule has 0 saturated carbocycles. The van der Waals surface area contributed by atoms with Gasteiger partial charge in [-0.25, -0.2) is 0 Å². The quantitative estimate of drug-likeness (QED) is 0.676. The van der Waals surface area contributed by atoms with Gasteiger partial charge in [0.1, 0.15) is 12.1 Å². The van der Waals surface area contributed by atoms with Crippen LogP contribution in [0.5, 0.6) is 0 Å². The minimum atomic E-state index is -0.909. The highest BCUT2D eigenvalue weighted by Gasteiger charge is 2.47.